The maximum atomic E-state index is 12.9. The van der Waals surface area contributed by atoms with E-state index in [-0.39, 0.29) is 25.9 Å². The van der Waals surface area contributed by atoms with Gasteiger partial charge < -0.3 is 24.2 Å². The molecule has 11 nitrogen and oxygen atoms in total. The SMILES string of the molecule is CC/C=C\C/C=C\C/C=C\CCCCCCCCCC(=O)OC(COC(=O)CCCCCCC/C=C\CCCCCCCC)COP(=O)(O)OCC(CO)OC(=O)CCCCCCCCCCC. The Bertz CT molecular complexity index is 1330. The van der Waals surface area contributed by atoms with Crippen LogP contribution in [0, 0.1) is 0 Å². The molecule has 0 heterocycles. The molecule has 0 rings (SSSR count). The molecule has 12 heteroatoms. The minimum absolute atomic E-state index is 0.156. The molecule has 3 unspecified atom stereocenters. The van der Waals surface area contributed by atoms with E-state index in [2.05, 4.69) is 69.4 Å². The van der Waals surface area contributed by atoms with Gasteiger partial charge in [-0.15, -0.1) is 0 Å². The van der Waals surface area contributed by atoms with E-state index in [1.165, 1.54) is 77.0 Å². The first-order valence-electron chi connectivity index (χ1n) is 27.5. The van der Waals surface area contributed by atoms with Crippen LogP contribution in [0.25, 0.3) is 0 Å². The highest BCUT2D eigenvalue weighted by atomic mass is 31.2. The summed E-state index contributed by atoms with van der Waals surface area (Å²) in [6, 6.07) is 0. The summed E-state index contributed by atoms with van der Waals surface area (Å²) in [5, 5.41) is 9.76. The van der Waals surface area contributed by atoms with Gasteiger partial charge in [0.2, 0.25) is 0 Å². The first kappa shape index (κ1) is 65.4. The highest BCUT2D eigenvalue weighted by molar-refractivity contribution is 7.47. The van der Waals surface area contributed by atoms with E-state index in [1.54, 1.807) is 0 Å². The van der Waals surface area contributed by atoms with Crippen LogP contribution in [-0.2, 0) is 42.2 Å². The minimum Gasteiger partial charge on any atom is -0.462 e. The van der Waals surface area contributed by atoms with Crippen LogP contribution in [0.4, 0.5) is 0 Å². The van der Waals surface area contributed by atoms with Crippen molar-refractivity contribution in [2.24, 2.45) is 0 Å². The Morgan fingerprint density at radius 1 is 0.426 bits per heavy atom. The lowest BCUT2D eigenvalue weighted by Gasteiger charge is -2.21. The zero-order valence-corrected chi connectivity index (χ0v) is 44.5. The molecule has 0 radical (unpaired) electrons. The van der Waals surface area contributed by atoms with Crippen molar-refractivity contribution in [1.82, 2.24) is 0 Å². The number of rotatable bonds is 51. The fraction of sp³-hybridized carbons (Fsp3) is 0.804. The van der Waals surface area contributed by atoms with Crippen molar-refractivity contribution in [2.75, 3.05) is 26.4 Å². The summed E-state index contributed by atoms with van der Waals surface area (Å²) < 4.78 is 39.4. The lowest BCUT2D eigenvalue weighted by atomic mass is 10.1. The molecule has 0 aromatic heterocycles. The molecule has 3 atom stereocenters. The smallest absolute Gasteiger partial charge is 0.462 e. The van der Waals surface area contributed by atoms with Gasteiger partial charge in [0, 0.05) is 19.3 Å². The third kappa shape index (κ3) is 48.5. The zero-order valence-electron chi connectivity index (χ0n) is 43.6. The molecule has 0 fully saturated rings. The Balaban J connectivity index is 4.75. The summed E-state index contributed by atoms with van der Waals surface area (Å²) >= 11 is 0. The number of hydrogen-bond acceptors (Lipinski definition) is 10. The van der Waals surface area contributed by atoms with Crippen molar-refractivity contribution in [3.05, 3.63) is 48.6 Å². The topological polar surface area (TPSA) is 155 Å². The zero-order chi connectivity index (χ0) is 49.9. The predicted octanol–water partition coefficient (Wildman–Crippen LogP) is 15.8. The van der Waals surface area contributed by atoms with Gasteiger partial charge in [-0.1, -0.05) is 204 Å². The van der Waals surface area contributed by atoms with E-state index in [0.717, 1.165) is 116 Å². The Morgan fingerprint density at radius 3 is 1.19 bits per heavy atom. The molecule has 0 aliphatic rings. The number of ether oxygens (including phenoxy) is 3. The van der Waals surface area contributed by atoms with Gasteiger partial charge in [0.1, 0.15) is 12.7 Å². The molecular formula is C56H101O11P. The van der Waals surface area contributed by atoms with E-state index in [1.807, 2.05) is 0 Å². The van der Waals surface area contributed by atoms with Gasteiger partial charge in [0.15, 0.2) is 6.10 Å². The number of phosphoric acid groups is 1. The van der Waals surface area contributed by atoms with Crippen molar-refractivity contribution in [1.29, 1.82) is 0 Å². The van der Waals surface area contributed by atoms with Crippen LogP contribution in [0.3, 0.4) is 0 Å². The standard InChI is InChI=1S/C56H101O11P/c1-4-7-10-13-16-19-21-23-25-26-28-30-32-35-38-41-44-47-56(60)67-53(49-63-54(58)45-42-39-36-34-31-29-27-24-22-20-17-14-11-8-5-2)51-65-68(61,62)64-50-52(48-57)66-55(59)46-43-40-37-33-18-15-12-9-6-3/h7,10,16,19,23-25,27,52-53,57H,4-6,8-9,11-15,17-18,20-22,26,28-51H2,1-3H3,(H,61,62)/b10-7-,19-16-,25-23-,27-24-. The molecule has 0 saturated heterocycles. The van der Waals surface area contributed by atoms with Crippen LogP contribution >= 0.6 is 7.82 Å². The minimum atomic E-state index is -4.74. The summed E-state index contributed by atoms with van der Waals surface area (Å²) in [4.78, 5) is 48.3. The third-order valence-corrected chi connectivity index (χ3v) is 12.7. The maximum Gasteiger partial charge on any atom is 0.472 e. The monoisotopic (exact) mass is 981 g/mol. The van der Waals surface area contributed by atoms with E-state index < -0.39 is 57.8 Å². The molecule has 0 aromatic carbocycles. The second-order valence-corrected chi connectivity index (χ2v) is 19.8. The Morgan fingerprint density at radius 2 is 0.765 bits per heavy atom. The number of esters is 3. The van der Waals surface area contributed by atoms with Crippen LogP contribution in [0.5, 0.6) is 0 Å². The molecule has 0 aromatic rings. The maximum absolute atomic E-state index is 12.9. The first-order valence-corrected chi connectivity index (χ1v) is 29.0. The molecule has 0 bridgehead atoms. The van der Waals surface area contributed by atoms with Gasteiger partial charge in [-0.25, -0.2) is 4.57 Å². The van der Waals surface area contributed by atoms with Gasteiger partial charge in [-0.2, -0.15) is 0 Å². The number of unbranched alkanes of at least 4 members (excludes halogenated alkanes) is 26. The number of carbonyl (C=O) groups excluding carboxylic acids is 3. The van der Waals surface area contributed by atoms with Crippen LogP contribution in [0.2, 0.25) is 0 Å². The van der Waals surface area contributed by atoms with Crippen molar-refractivity contribution < 1.29 is 52.2 Å². The third-order valence-electron chi connectivity index (χ3n) is 11.7. The van der Waals surface area contributed by atoms with E-state index in [0.29, 0.717) is 19.3 Å². The van der Waals surface area contributed by atoms with Crippen molar-refractivity contribution in [3.8, 4) is 0 Å². The van der Waals surface area contributed by atoms with Crippen LogP contribution in [-0.4, -0.2) is 66.5 Å². The number of phosphoric ester groups is 1. The van der Waals surface area contributed by atoms with Crippen LogP contribution in [0.1, 0.15) is 252 Å². The number of aliphatic hydroxyl groups is 1. The Labute approximate surface area is 415 Å². The number of allylic oxidation sites excluding steroid dienone is 8. The van der Waals surface area contributed by atoms with Crippen molar-refractivity contribution in [3.63, 3.8) is 0 Å². The summed E-state index contributed by atoms with van der Waals surface area (Å²) in [5.41, 5.74) is 0. The second-order valence-electron chi connectivity index (χ2n) is 18.4. The summed E-state index contributed by atoms with van der Waals surface area (Å²) in [5.74, 6) is -1.48. The number of hydrogen-bond donors (Lipinski definition) is 2. The van der Waals surface area contributed by atoms with Crippen LogP contribution < -0.4 is 0 Å². The van der Waals surface area contributed by atoms with Crippen molar-refractivity contribution in [2.45, 2.75) is 264 Å². The molecule has 396 valence electrons. The molecule has 0 aliphatic heterocycles. The average Bonchev–Trinajstić information content (AvgIpc) is 3.32. The number of carbonyl (C=O) groups is 3. The number of aliphatic hydroxyl groups excluding tert-OH is 1. The Hall–Kier alpha value is -2.56. The summed E-state index contributed by atoms with van der Waals surface area (Å²) in [6.07, 6.45) is 52.2. The molecule has 68 heavy (non-hydrogen) atoms. The summed E-state index contributed by atoms with van der Waals surface area (Å²) in [6.45, 7) is 4.49. The highest BCUT2D eigenvalue weighted by Crippen LogP contribution is 2.43. The largest absolute Gasteiger partial charge is 0.472 e. The van der Waals surface area contributed by atoms with Crippen LogP contribution in [0.15, 0.2) is 48.6 Å². The highest BCUT2D eigenvalue weighted by Gasteiger charge is 2.28. The van der Waals surface area contributed by atoms with Gasteiger partial charge in [-0.05, 0) is 77.0 Å². The normalized spacial score (nSPS) is 13.8. The van der Waals surface area contributed by atoms with E-state index >= 15 is 0 Å². The lowest BCUT2D eigenvalue weighted by Crippen LogP contribution is -2.30. The van der Waals surface area contributed by atoms with Gasteiger partial charge in [0.05, 0.1) is 19.8 Å². The molecule has 2 N–H and O–H groups in total. The first-order chi connectivity index (χ1) is 33.2. The fourth-order valence-corrected chi connectivity index (χ4v) is 8.33. The summed E-state index contributed by atoms with van der Waals surface area (Å²) in [7, 11) is -4.74. The molecule has 0 spiro atoms. The Kier molecular flexibility index (Phi) is 48.9. The van der Waals surface area contributed by atoms with Gasteiger partial charge in [-0.3, -0.25) is 23.4 Å². The molecule has 0 aliphatic carbocycles. The molecule has 0 amide bonds. The fourth-order valence-electron chi connectivity index (χ4n) is 7.54. The lowest BCUT2D eigenvalue weighted by molar-refractivity contribution is -0.161. The van der Waals surface area contributed by atoms with E-state index in [9.17, 15) is 28.9 Å². The second kappa shape index (κ2) is 50.8. The van der Waals surface area contributed by atoms with Crippen molar-refractivity contribution >= 4 is 25.7 Å². The quantitative estimate of drug-likeness (QED) is 0.0197. The molecule has 0 saturated carbocycles. The predicted molar refractivity (Wildman–Crippen MR) is 279 cm³/mol. The molecular weight excluding hydrogens is 880 g/mol. The van der Waals surface area contributed by atoms with Gasteiger partial charge >= 0.3 is 25.7 Å². The van der Waals surface area contributed by atoms with Gasteiger partial charge in [0.25, 0.3) is 0 Å². The average molecular weight is 981 g/mol. The van der Waals surface area contributed by atoms with E-state index in [4.69, 9.17) is 23.3 Å².